The van der Waals surface area contributed by atoms with Crippen molar-refractivity contribution in [2.24, 2.45) is 0 Å². The Bertz CT molecular complexity index is 1010. The van der Waals surface area contributed by atoms with Crippen molar-refractivity contribution >= 4 is 5.91 Å². The summed E-state index contributed by atoms with van der Waals surface area (Å²) in [7, 11) is 0. The molecule has 0 atom stereocenters. The van der Waals surface area contributed by atoms with Crippen LogP contribution in [0.2, 0.25) is 0 Å². The Labute approximate surface area is 172 Å². The van der Waals surface area contributed by atoms with Gasteiger partial charge in [0, 0.05) is 19.3 Å². The smallest absolute Gasteiger partial charge is 0.263 e. The molecule has 150 valence electrons. The molecule has 0 saturated heterocycles. The monoisotopic (exact) mass is 388 g/mol. The average molecular weight is 389 g/mol. The van der Waals surface area contributed by atoms with Gasteiger partial charge in [-0.15, -0.1) is 0 Å². The van der Waals surface area contributed by atoms with Gasteiger partial charge in [0.05, 0.1) is 0 Å². The van der Waals surface area contributed by atoms with Crippen LogP contribution in [0.5, 0.6) is 0 Å². The van der Waals surface area contributed by atoms with E-state index in [2.05, 4.69) is 43.4 Å². The van der Waals surface area contributed by atoms with Gasteiger partial charge in [-0.25, -0.2) is 0 Å². The number of unbranched alkanes of at least 4 members (excludes halogenated alkanes) is 1. The molecule has 0 fully saturated rings. The van der Waals surface area contributed by atoms with Gasteiger partial charge in [-0.3, -0.25) is 9.59 Å². The minimum atomic E-state index is -0.337. The number of nitrogens with one attached hydrogen (secondary N) is 1. The van der Waals surface area contributed by atoms with E-state index < -0.39 is 0 Å². The second kappa shape index (κ2) is 9.87. The highest BCUT2D eigenvalue weighted by Crippen LogP contribution is 2.20. The van der Waals surface area contributed by atoms with Gasteiger partial charge in [0.15, 0.2) is 0 Å². The van der Waals surface area contributed by atoms with Crippen LogP contribution in [0.1, 0.15) is 48.2 Å². The number of hydrogen-bond acceptors (Lipinski definition) is 2. The number of rotatable bonds is 8. The molecule has 0 spiro atoms. The molecule has 0 bridgehead atoms. The van der Waals surface area contributed by atoms with E-state index in [1.165, 1.54) is 5.56 Å². The minimum Gasteiger partial charge on any atom is -0.348 e. The van der Waals surface area contributed by atoms with Crippen molar-refractivity contribution in [1.82, 2.24) is 9.88 Å². The zero-order valence-corrected chi connectivity index (χ0v) is 17.2. The molecule has 1 aromatic heterocycles. The number of carbonyl (C=O) groups excluding carboxylic acids is 1. The number of aromatic nitrogens is 1. The van der Waals surface area contributed by atoms with E-state index in [1.807, 2.05) is 36.5 Å². The Morgan fingerprint density at radius 1 is 0.931 bits per heavy atom. The molecule has 4 nitrogen and oxygen atoms in total. The molecular formula is C25H28N2O2. The summed E-state index contributed by atoms with van der Waals surface area (Å²) in [6.07, 6.45) is 4.72. The normalized spacial score (nSPS) is 10.7. The molecule has 1 N–H and O–H groups in total. The van der Waals surface area contributed by atoms with E-state index >= 15 is 0 Å². The van der Waals surface area contributed by atoms with Crippen molar-refractivity contribution in [3.8, 4) is 11.1 Å². The van der Waals surface area contributed by atoms with E-state index in [0.717, 1.165) is 36.0 Å². The zero-order chi connectivity index (χ0) is 20.6. The lowest BCUT2D eigenvalue weighted by Crippen LogP contribution is -2.33. The molecule has 1 heterocycles. The van der Waals surface area contributed by atoms with Crippen LogP contribution in [-0.4, -0.2) is 10.5 Å². The number of pyridine rings is 1. The topological polar surface area (TPSA) is 51.1 Å². The van der Waals surface area contributed by atoms with Crippen LogP contribution in [0.3, 0.4) is 0 Å². The third-order valence-corrected chi connectivity index (χ3v) is 5.07. The molecule has 0 radical (unpaired) electrons. The van der Waals surface area contributed by atoms with Gasteiger partial charge < -0.3 is 9.88 Å². The lowest BCUT2D eigenvalue weighted by Gasteiger charge is -2.13. The maximum atomic E-state index is 12.9. The van der Waals surface area contributed by atoms with Gasteiger partial charge in [0.25, 0.3) is 11.5 Å². The SMILES string of the molecule is CCCCn1cc(-c2ccc(CC)cc2)cc(C(=O)NCc2ccccc2)c1=O. The van der Waals surface area contributed by atoms with Crippen LogP contribution in [-0.2, 0) is 19.5 Å². The van der Waals surface area contributed by atoms with Crippen molar-refractivity contribution in [2.75, 3.05) is 0 Å². The molecule has 4 heteroatoms. The minimum absolute atomic E-state index is 0.189. The van der Waals surface area contributed by atoms with Gasteiger partial charge in [0.1, 0.15) is 5.56 Å². The van der Waals surface area contributed by atoms with E-state index in [4.69, 9.17) is 0 Å². The van der Waals surface area contributed by atoms with E-state index in [1.54, 1.807) is 10.6 Å². The molecule has 0 aliphatic rings. The van der Waals surface area contributed by atoms with Crippen molar-refractivity contribution in [1.29, 1.82) is 0 Å². The maximum Gasteiger partial charge on any atom is 0.263 e. The maximum absolute atomic E-state index is 12.9. The number of aryl methyl sites for hydroxylation is 2. The number of hydrogen-bond donors (Lipinski definition) is 1. The fraction of sp³-hybridized carbons (Fsp3) is 0.280. The third kappa shape index (κ3) is 5.23. The van der Waals surface area contributed by atoms with Crippen molar-refractivity contribution in [3.63, 3.8) is 0 Å². The number of nitrogens with zero attached hydrogens (tertiary/aromatic N) is 1. The lowest BCUT2D eigenvalue weighted by molar-refractivity contribution is 0.0949. The standard InChI is InChI=1S/C25H28N2O2/c1-3-5-15-27-18-22(21-13-11-19(4-2)12-14-21)16-23(25(27)29)24(28)26-17-20-9-7-6-8-10-20/h6-14,16,18H,3-5,15,17H2,1-2H3,(H,26,28). The highest BCUT2D eigenvalue weighted by atomic mass is 16.2. The van der Waals surface area contributed by atoms with Crippen LogP contribution < -0.4 is 10.9 Å². The summed E-state index contributed by atoms with van der Waals surface area (Å²) in [5.74, 6) is -0.337. The lowest BCUT2D eigenvalue weighted by atomic mass is 10.0. The van der Waals surface area contributed by atoms with Crippen molar-refractivity contribution in [3.05, 3.63) is 93.9 Å². The molecule has 0 unspecified atom stereocenters. The number of benzene rings is 2. The zero-order valence-electron chi connectivity index (χ0n) is 17.2. The number of amides is 1. The molecular weight excluding hydrogens is 360 g/mol. The quantitative estimate of drug-likeness (QED) is 0.602. The molecule has 0 aliphatic heterocycles. The van der Waals surface area contributed by atoms with Gasteiger partial charge >= 0.3 is 0 Å². The molecule has 3 rings (SSSR count). The van der Waals surface area contributed by atoms with Crippen LogP contribution in [0.4, 0.5) is 0 Å². The summed E-state index contributed by atoms with van der Waals surface area (Å²) in [5.41, 5.74) is 4.09. The largest absolute Gasteiger partial charge is 0.348 e. The fourth-order valence-corrected chi connectivity index (χ4v) is 3.26. The van der Waals surface area contributed by atoms with E-state index in [9.17, 15) is 9.59 Å². The first-order valence-corrected chi connectivity index (χ1v) is 10.3. The molecule has 2 aromatic carbocycles. The second-order valence-electron chi connectivity index (χ2n) is 7.21. The Kier molecular flexibility index (Phi) is 7.01. The first kappa shape index (κ1) is 20.6. The van der Waals surface area contributed by atoms with Gasteiger partial charge in [-0.2, -0.15) is 0 Å². The first-order chi connectivity index (χ1) is 14.1. The second-order valence-corrected chi connectivity index (χ2v) is 7.21. The van der Waals surface area contributed by atoms with Crippen molar-refractivity contribution < 1.29 is 4.79 Å². The Balaban J connectivity index is 1.93. The van der Waals surface area contributed by atoms with Crippen LogP contribution in [0, 0.1) is 0 Å². The highest BCUT2D eigenvalue weighted by Gasteiger charge is 2.15. The van der Waals surface area contributed by atoms with Crippen LogP contribution >= 0.6 is 0 Å². The van der Waals surface area contributed by atoms with E-state index in [-0.39, 0.29) is 17.0 Å². The summed E-state index contributed by atoms with van der Waals surface area (Å²) in [6.45, 7) is 5.21. The molecule has 1 amide bonds. The van der Waals surface area contributed by atoms with E-state index in [0.29, 0.717) is 13.1 Å². The summed E-state index contributed by atoms with van der Waals surface area (Å²) >= 11 is 0. The average Bonchev–Trinajstić information content (AvgIpc) is 2.77. The molecule has 3 aromatic rings. The van der Waals surface area contributed by atoms with Gasteiger partial charge in [-0.1, -0.05) is 74.9 Å². The van der Waals surface area contributed by atoms with Crippen LogP contribution in [0.25, 0.3) is 11.1 Å². The summed E-state index contributed by atoms with van der Waals surface area (Å²) in [5, 5.41) is 2.88. The number of carbonyl (C=O) groups is 1. The van der Waals surface area contributed by atoms with Gasteiger partial charge in [-0.05, 0) is 41.2 Å². The molecule has 0 aliphatic carbocycles. The summed E-state index contributed by atoms with van der Waals surface area (Å²) < 4.78 is 1.67. The predicted octanol–water partition coefficient (Wildman–Crippen LogP) is 4.81. The Hall–Kier alpha value is -3.14. The predicted molar refractivity (Wildman–Crippen MR) is 118 cm³/mol. The first-order valence-electron chi connectivity index (χ1n) is 10.3. The molecule has 29 heavy (non-hydrogen) atoms. The fourth-order valence-electron chi connectivity index (χ4n) is 3.26. The van der Waals surface area contributed by atoms with Gasteiger partial charge in [0.2, 0.25) is 0 Å². The summed E-state index contributed by atoms with van der Waals surface area (Å²) in [6, 6.07) is 19.7. The molecule has 0 saturated carbocycles. The highest BCUT2D eigenvalue weighted by molar-refractivity contribution is 5.95. The Morgan fingerprint density at radius 3 is 2.31 bits per heavy atom. The van der Waals surface area contributed by atoms with Crippen molar-refractivity contribution in [2.45, 2.75) is 46.2 Å². The van der Waals surface area contributed by atoms with Crippen LogP contribution in [0.15, 0.2) is 71.7 Å². The third-order valence-electron chi connectivity index (χ3n) is 5.07. The summed E-state index contributed by atoms with van der Waals surface area (Å²) in [4.78, 5) is 25.7. The Morgan fingerprint density at radius 2 is 1.66 bits per heavy atom.